The van der Waals surface area contributed by atoms with Gasteiger partial charge in [-0.15, -0.1) is 0 Å². The van der Waals surface area contributed by atoms with Crippen LogP contribution in [0.3, 0.4) is 0 Å². The minimum absolute atomic E-state index is 0.108. The Morgan fingerprint density at radius 2 is 2.00 bits per heavy atom. The molecule has 1 spiro atoms. The van der Waals surface area contributed by atoms with E-state index < -0.39 is 6.17 Å². The number of hydrogen-bond acceptors (Lipinski definition) is 2. The van der Waals surface area contributed by atoms with Crippen molar-refractivity contribution in [1.29, 1.82) is 0 Å². The summed E-state index contributed by atoms with van der Waals surface area (Å²) in [4.78, 5) is 2.31. The van der Waals surface area contributed by atoms with E-state index in [0.29, 0.717) is 12.8 Å². The van der Waals surface area contributed by atoms with E-state index in [1.165, 1.54) is 0 Å². The Morgan fingerprint density at radius 1 is 1.38 bits per heavy atom. The summed E-state index contributed by atoms with van der Waals surface area (Å²) in [7, 11) is 2.13. The predicted molar refractivity (Wildman–Crippen MR) is 51.3 cm³/mol. The molecule has 2 nitrogen and oxygen atoms in total. The zero-order valence-corrected chi connectivity index (χ0v) is 8.30. The van der Waals surface area contributed by atoms with Gasteiger partial charge in [-0.05, 0) is 51.2 Å². The Hall–Kier alpha value is -0.150. The van der Waals surface area contributed by atoms with Gasteiger partial charge in [-0.25, -0.2) is 4.39 Å². The monoisotopic (exact) mass is 186 g/mol. The average Bonchev–Trinajstić information content (AvgIpc) is 2.34. The molecule has 2 rings (SSSR count). The minimum atomic E-state index is -0.640. The fourth-order valence-corrected chi connectivity index (χ4v) is 2.84. The van der Waals surface area contributed by atoms with Gasteiger partial charge in [0.2, 0.25) is 0 Å². The van der Waals surface area contributed by atoms with E-state index in [-0.39, 0.29) is 11.5 Å². The third kappa shape index (κ3) is 1.59. The smallest absolute Gasteiger partial charge is 0.102 e. The van der Waals surface area contributed by atoms with Crippen molar-refractivity contribution < 1.29 is 4.39 Å². The van der Waals surface area contributed by atoms with Crippen LogP contribution < -0.4 is 5.73 Å². The zero-order chi connectivity index (χ0) is 9.47. The third-order valence-corrected chi connectivity index (χ3v) is 3.91. The lowest BCUT2D eigenvalue weighted by Crippen LogP contribution is -2.45. The molecule has 1 saturated heterocycles. The molecule has 2 fully saturated rings. The molecule has 1 aliphatic carbocycles. The third-order valence-electron chi connectivity index (χ3n) is 3.91. The molecule has 0 amide bonds. The molecule has 76 valence electrons. The molecule has 0 bridgehead atoms. The molecule has 0 aromatic heterocycles. The van der Waals surface area contributed by atoms with Crippen LogP contribution in [0.4, 0.5) is 4.39 Å². The van der Waals surface area contributed by atoms with Crippen LogP contribution in [0, 0.1) is 5.41 Å². The van der Waals surface area contributed by atoms with Crippen molar-refractivity contribution in [3.63, 3.8) is 0 Å². The van der Waals surface area contributed by atoms with E-state index in [4.69, 9.17) is 5.73 Å². The molecule has 13 heavy (non-hydrogen) atoms. The number of nitrogens with two attached hydrogens (primary N) is 1. The number of piperidine rings is 1. The summed E-state index contributed by atoms with van der Waals surface area (Å²) >= 11 is 0. The van der Waals surface area contributed by atoms with Crippen LogP contribution in [0.15, 0.2) is 0 Å². The van der Waals surface area contributed by atoms with Gasteiger partial charge in [-0.2, -0.15) is 0 Å². The van der Waals surface area contributed by atoms with E-state index in [2.05, 4.69) is 11.9 Å². The predicted octanol–water partition coefficient (Wildman–Crippen LogP) is 1.16. The van der Waals surface area contributed by atoms with Crippen molar-refractivity contribution in [2.24, 2.45) is 11.1 Å². The maximum atomic E-state index is 13.2. The first-order valence-corrected chi connectivity index (χ1v) is 5.21. The second-order valence-corrected chi connectivity index (χ2v) is 4.81. The van der Waals surface area contributed by atoms with Crippen LogP contribution in [-0.4, -0.2) is 37.3 Å². The van der Waals surface area contributed by atoms with Crippen LogP contribution in [-0.2, 0) is 0 Å². The molecular formula is C10H19FN2. The van der Waals surface area contributed by atoms with Gasteiger partial charge in [-0.3, -0.25) is 0 Å². The number of likely N-dealkylation sites (tertiary alicyclic amines) is 1. The van der Waals surface area contributed by atoms with Gasteiger partial charge in [0.15, 0.2) is 0 Å². The van der Waals surface area contributed by atoms with E-state index >= 15 is 0 Å². The molecule has 0 aromatic rings. The molecule has 2 atom stereocenters. The van der Waals surface area contributed by atoms with Crippen molar-refractivity contribution in [2.75, 3.05) is 20.1 Å². The summed E-state index contributed by atoms with van der Waals surface area (Å²) < 4.78 is 13.2. The summed E-state index contributed by atoms with van der Waals surface area (Å²) in [6.07, 6.45) is 2.83. The summed E-state index contributed by atoms with van der Waals surface area (Å²) in [5.41, 5.74) is 6.17. The number of nitrogens with zero attached hydrogens (tertiary/aromatic N) is 1. The number of halogens is 1. The first kappa shape index (κ1) is 9.41. The maximum Gasteiger partial charge on any atom is 0.102 e. The standard InChI is InChI=1S/C10H19FN2/c1-13-4-2-10(3-5-13)7-8(11)6-9(10)12/h8-9H,2-7,12H2,1H3/t8?,9-/m1/s1. The topological polar surface area (TPSA) is 29.3 Å². The fourth-order valence-electron chi connectivity index (χ4n) is 2.84. The van der Waals surface area contributed by atoms with Gasteiger partial charge in [0.1, 0.15) is 6.17 Å². The zero-order valence-electron chi connectivity index (χ0n) is 8.30. The van der Waals surface area contributed by atoms with Gasteiger partial charge in [-0.1, -0.05) is 0 Å². The van der Waals surface area contributed by atoms with Gasteiger partial charge in [0.05, 0.1) is 0 Å². The second-order valence-electron chi connectivity index (χ2n) is 4.81. The van der Waals surface area contributed by atoms with Crippen molar-refractivity contribution in [2.45, 2.75) is 37.9 Å². The Kier molecular flexibility index (Phi) is 2.32. The van der Waals surface area contributed by atoms with Gasteiger partial charge in [0, 0.05) is 6.04 Å². The SMILES string of the molecule is CN1CCC2(CC1)CC(F)C[C@H]2N. The minimum Gasteiger partial charge on any atom is -0.327 e. The highest BCUT2D eigenvalue weighted by atomic mass is 19.1. The molecule has 1 saturated carbocycles. The molecule has 3 heteroatoms. The average molecular weight is 186 g/mol. The first-order valence-electron chi connectivity index (χ1n) is 5.21. The number of rotatable bonds is 0. The van der Waals surface area contributed by atoms with E-state index in [1.807, 2.05) is 0 Å². The molecule has 0 aromatic carbocycles. The van der Waals surface area contributed by atoms with E-state index in [0.717, 1.165) is 25.9 Å². The van der Waals surface area contributed by atoms with Crippen molar-refractivity contribution in [3.05, 3.63) is 0 Å². The first-order chi connectivity index (χ1) is 6.12. The summed E-state index contributed by atoms with van der Waals surface area (Å²) in [5.74, 6) is 0. The molecule has 2 N–H and O–H groups in total. The van der Waals surface area contributed by atoms with Crippen LogP contribution >= 0.6 is 0 Å². The summed E-state index contributed by atoms with van der Waals surface area (Å²) in [6.45, 7) is 2.17. The van der Waals surface area contributed by atoms with E-state index in [1.54, 1.807) is 0 Å². The Balaban J connectivity index is 2.04. The number of alkyl halides is 1. The second kappa shape index (κ2) is 3.21. The lowest BCUT2D eigenvalue weighted by atomic mass is 9.74. The summed E-state index contributed by atoms with van der Waals surface area (Å²) in [5, 5.41) is 0. The maximum absolute atomic E-state index is 13.2. The van der Waals surface area contributed by atoms with Crippen LogP contribution in [0.2, 0.25) is 0 Å². The highest BCUT2D eigenvalue weighted by Crippen LogP contribution is 2.46. The van der Waals surface area contributed by atoms with Gasteiger partial charge >= 0.3 is 0 Å². The normalized spacial score (nSPS) is 39.9. The van der Waals surface area contributed by atoms with Gasteiger partial charge < -0.3 is 10.6 Å². The van der Waals surface area contributed by atoms with Crippen molar-refractivity contribution >= 4 is 0 Å². The molecular weight excluding hydrogens is 167 g/mol. The molecule has 1 heterocycles. The largest absolute Gasteiger partial charge is 0.327 e. The van der Waals surface area contributed by atoms with E-state index in [9.17, 15) is 4.39 Å². The Morgan fingerprint density at radius 3 is 2.46 bits per heavy atom. The van der Waals surface area contributed by atoms with Gasteiger partial charge in [0.25, 0.3) is 0 Å². The van der Waals surface area contributed by atoms with Crippen LogP contribution in [0.25, 0.3) is 0 Å². The molecule has 2 aliphatic rings. The number of hydrogen-bond donors (Lipinski definition) is 1. The highest BCUT2D eigenvalue weighted by molar-refractivity contribution is 5.00. The highest BCUT2D eigenvalue weighted by Gasteiger charge is 2.46. The Bertz CT molecular complexity index is 187. The lowest BCUT2D eigenvalue weighted by molar-refractivity contribution is 0.106. The van der Waals surface area contributed by atoms with Crippen LogP contribution in [0.5, 0.6) is 0 Å². The van der Waals surface area contributed by atoms with Crippen LogP contribution in [0.1, 0.15) is 25.7 Å². The molecule has 1 aliphatic heterocycles. The lowest BCUT2D eigenvalue weighted by Gasteiger charge is -2.40. The Labute approximate surface area is 79.3 Å². The fraction of sp³-hybridized carbons (Fsp3) is 1.00. The molecule has 1 unspecified atom stereocenters. The van der Waals surface area contributed by atoms with Crippen molar-refractivity contribution in [3.8, 4) is 0 Å². The quantitative estimate of drug-likeness (QED) is 0.615. The molecule has 0 radical (unpaired) electrons. The van der Waals surface area contributed by atoms with Crippen molar-refractivity contribution in [1.82, 2.24) is 4.90 Å². The summed E-state index contributed by atoms with van der Waals surface area (Å²) in [6, 6.07) is 0.108.